The number of benzene rings is 2. The fourth-order valence-electron chi connectivity index (χ4n) is 3.04. The summed E-state index contributed by atoms with van der Waals surface area (Å²) in [5.41, 5.74) is 1.55. The van der Waals surface area contributed by atoms with Crippen LogP contribution in [0.15, 0.2) is 42.6 Å². The molecule has 0 aliphatic heterocycles. The van der Waals surface area contributed by atoms with E-state index in [1.807, 2.05) is 0 Å². The molecule has 32 heavy (non-hydrogen) atoms. The summed E-state index contributed by atoms with van der Waals surface area (Å²) in [7, 11) is 0. The molecule has 1 fully saturated rings. The van der Waals surface area contributed by atoms with E-state index in [9.17, 15) is 10.1 Å². The minimum Gasteiger partial charge on any atom is -0.492 e. The lowest BCUT2D eigenvalue weighted by Crippen LogP contribution is -2.30. The van der Waals surface area contributed by atoms with E-state index in [0.717, 1.165) is 24.6 Å². The zero-order chi connectivity index (χ0) is 22.5. The van der Waals surface area contributed by atoms with Crippen molar-refractivity contribution in [3.05, 3.63) is 53.2 Å². The monoisotopic (exact) mass is 514 g/mol. The average molecular weight is 516 g/mol. The molecule has 1 aromatic heterocycles. The van der Waals surface area contributed by atoms with Gasteiger partial charge in [0.05, 0.1) is 28.4 Å². The van der Waals surface area contributed by atoms with Crippen LogP contribution in [0.2, 0.25) is 5.02 Å². The summed E-state index contributed by atoms with van der Waals surface area (Å²) >= 11 is 9.71. The number of fused-ring (bicyclic) bond motifs is 1. The molecule has 0 spiro atoms. The number of aromatic nitrogens is 1. The summed E-state index contributed by atoms with van der Waals surface area (Å²) in [4.78, 5) is 16.3. The number of hydrogen-bond acceptors (Lipinski definition) is 5. The number of rotatable bonds is 8. The first-order chi connectivity index (χ1) is 15.6. The fraction of sp³-hybridized carbons (Fsp3) is 0.261. The van der Waals surface area contributed by atoms with Gasteiger partial charge in [-0.15, -0.1) is 0 Å². The summed E-state index contributed by atoms with van der Waals surface area (Å²) in [6.45, 7) is 0.499. The first kappa shape index (κ1) is 22.2. The average Bonchev–Trinajstić information content (AvgIpc) is 3.59. The van der Waals surface area contributed by atoms with Crippen molar-refractivity contribution in [2.45, 2.75) is 25.3 Å². The van der Waals surface area contributed by atoms with Gasteiger partial charge in [0.2, 0.25) is 0 Å². The van der Waals surface area contributed by atoms with E-state index in [-0.39, 0.29) is 12.1 Å². The molecule has 0 saturated heterocycles. The molecule has 2 amide bonds. The second kappa shape index (κ2) is 10.1. The Balaban J connectivity index is 1.55. The molecule has 2 N–H and O–H groups in total. The number of nitriles is 1. The summed E-state index contributed by atoms with van der Waals surface area (Å²) in [5.74, 6) is 1.52. The van der Waals surface area contributed by atoms with E-state index < -0.39 is 0 Å². The first-order valence-corrected chi connectivity index (χ1v) is 11.6. The molecule has 1 saturated carbocycles. The number of carbonyl (C=O) groups excluding carboxylic acids is 1. The molecule has 9 heteroatoms. The Morgan fingerprint density at radius 3 is 2.81 bits per heavy atom. The molecular weight excluding hydrogens is 496 g/mol. The lowest BCUT2D eigenvalue weighted by Gasteiger charge is -2.13. The number of amides is 2. The van der Waals surface area contributed by atoms with Crippen LogP contribution in [0, 0.1) is 11.3 Å². The van der Waals surface area contributed by atoms with Crippen molar-refractivity contribution in [3.63, 3.8) is 0 Å². The molecule has 0 bridgehead atoms. The van der Waals surface area contributed by atoms with Gasteiger partial charge in [-0.2, -0.15) is 5.26 Å². The normalized spacial score (nSPS) is 12.8. The van der Waals surface area contributed by atoms with E-state index in [1.54, 1.807) is 42.6 Å². The predicted molar refractivity (Wildman–Crippen MR) is 127 cm³/mol. The van der Waals surface area contributed by atoms with Gasteiger partial charge < -0.3 is 20.1 Å². The van der Waals surface area contributed by atoms with Gasteiger partial charge in [-0.25, -0.2) is 4.79 Å². The highest BCUT2D eigenvalue weighted by molar-refractivity contribution is 9.09. The minimum atomic E-state index is -0.276. The van der Waals surface area contributed by atoms with Crippen LogP contribution < -0.4 is 20.1 Å². The predicted octanol–water partition coefficient (Wildman–Crippen LogP) is 6.00. The summed E-state index contributed by atoms with van der Waals surface area (Å²) in [6, 6.07) is 12.4. The van der Waals surface area contributed by atoms with Gasteiger partial charge in [0.25, 0.3) is 0 Å². The summed E-state index contributed by atoms with van der Waals surface area (Å²) in [5, 5.41) is 17.0. The standard InChI is InChI=1S/C23H20BrClN4O3/c24-7-1-9-31-22-12-20-17(10-14(22)13-26)21(6-8-27-20)32-16-4-5-19(18(25)11-16)29-23(30)28-15-2-3-15/h4-6,8,10-12,15H,1-3,7,9H2,(H2,28,29,30). The van der Waals surface area contributed by atoms with Gasteiger partial charge in [-0.1, -0.05) is 27.5 Å². The molecule has 4 rings (SSSR count). The second-order valence-corrected chi connectivity index (χ2v) is 8.49. The number of halogens is 2. The number of nitrogens with one attached hydrogen (secondary N) is 2. The number of nitrogens with zero attached hydrogens (tertiary/aromatic N) is 2. The van der Waals surface area contributed by atoms with E-state index in [2.05, 4.69) is 37.6 Å². The van der Waals surface area contributed by atoms with Crippen LogP contribution in [-0.2, 0) is 0 Å². The quantitative estimate of drug-likeness (QED) is 0.283. The smallest absolute Gasteiger partial charge is 0.319 e. The molecule has 2 aromatic carbocycles. The Bertz CT molecular complexity index is 1190. The number of pyridine rings is 1. The van der Waals surface area contributed by atoms with Crippen molar-refractivity contribution in [2.75, 3.05) is 17.3 Å². The van der Waals surface area contributed by atoms with Gasteiger partial charge in [-0.05, 0) is 43.5 Å². The molecule has 7 nitrogen and oxygen atoms in total. The Hall–Kier alpha value is -3.02. The Labute approximate surface area is 198 Å². The third kappa shape index (κ3) is 5.42. The van der Waals surface area contributed by atoms with Crippen LogP contribution in [0.4, 0.5) is 10.5 Å². The summed E-state index contributed by atoms with van der Waals surface area (Å²) < 4.78 is 11.8. The van der Waals surface area contributed by atoms with Crippen LogP contribution in [0.1, 0.15) is 24.8 Å². The van der Waals surface area contributed by atoms with Crippen molar-refractivity contribution in [1.29, 1.82) is 5.26 Å². The maximum atomic E-state index is 12.0. The molecule has 0 unspecified atom stereocenters. The van der Waals surface area contributed by atoms with E-state index in [4.69, 9.17) is 21.1 Å². The van der Waals surface area contributed by atoms with E-state index >= 15 is 0 Å². The van der Waals surface area contributed by atoms with Gasteiger partial charge in [-0.3, -0.25) is 4.98 Å². The van der Waals surface area contributed by atoms with Crippen LogP contribution in [0.3, 0.4) is 0 Å². The number of carbonyl (C=O) groups is 1. The number of alkyl halides is 1. The van der Waals surface area contributed by atoms with E-state index in [0.29, 0.717) is 51.0 Å². The lowest BCUT2D eigenvalue weighted by molar-refractivity contribution is 0.251. The van der Waals surface area contributed by atoms with Gasteiger partial charge in [0.1, 0.15) is 23.3 Å². The second-order valence-electron chi connectivity index (χ2n) is 7.29. The first-order valence-electron chi connectivity index (χ1n) is 10.1. The van der Waals surface area contributed by atoms with Crippen molar-refractivity contribution in [1.82, 2.24) is 10.3 Å². The molecule has 1 aliphatic carbocycles. The van der Waals surface area contributed by atoms with Crippen LogP contribution in [-0.4, -0.2) is 29.0 Å². The molecule has 1 heterocycles. The van der Waals surface area contributed by atoms with Crippen LogP contribution in [0.5, 0.6) is 17.2 Å². The maximum Gasteiger partial charge on any atom is 0.319 e. The number of anilines is 1. The highest BCUT2D eigenvalue weighted by Crippen LogP contribution is 2.35. The van der Waals surface area contributed by atoms with Gasteiger partial charge >= 0.3 is 6.03 Å². The molecule has 0 radical (unpaired) electrons. The Morgan fingerprint density at radius 1 is 1.25 bits per heavy atom. The molecule has 0 atom stereocenters. The Morgan fingerprint density at radius 2 is 2.09 bits per heavy atom. The lowest BCUT2D eigenvalue weighted by atomic mass is 10.1. The number of hydrogen-bond donors (Lipinski definition) is 2. The zero-order valence-electron chi connectivity index (χ0n) is 17.0. The fourth-order valence-corrected chi connectivity index (χ4v) is 3.49. The van der Waals surface area contributed by atoms with Crippen molar-refractivity contribution < 1.29 is 14.3 Å². The number of urea groups is 1. The summed E-state index contributed by atoms with van der Waals surface area (Å²) in [6.07, 6.45) is 4.47. The molecular formula is C23H20BrClN4O3. The van der Waals surface area contributed by atoms with Crippen molar-refractivity contribution in [2.24, 2.45) is 0 Å². The van der Waals surface area contributed by atoms with E-state index in [1.165, 1.54) is 0 Å². The Kier molecular flexibility index (Phi) is 6.98. The van der Waals surface area contributed by atoms with Crippen LogP contribution >= 0.6 is 27.5 Å². The van der Waals surface area contributed by atoms with Gasteiger partial charge in [0.15, 0.2) is 0 Å². The highest BCUT2D eigenvalue weighted by atomic mass is 79.9. The molecule has 164 valence electrons. The van der Waals surface area contributed by atoms with Crippen LogP contribution in [0.25, 0.3) is 10.9 Å². The third-order valence-corrected chi connectivity index (χ3v) is 5.66. The molecule has 1 aliphatic rings. The SMILES string of the molecule is N#Cc1cc2c(Oc3ccc(NC(=O)NC4CC4)c(Cl)c3)ccnc2cc1OCCCBr. The number of ether oxygens (including phenoxy) is 2. The van der Waals surface area contributed by atoms with Crippen molar-refractivity contribution >= 4 is 50.2 Å². The third-order valence-electron chi connectivity index (χ3n) is 4.79. The minimum absolute atomic E-state index is 0.255. The maximum absolute atomic E-state index is 12.0. The molecule has 3 aromatic rings. The largest absolute Gasteiger partial charge is 0.492 e. The topological polar surface area (TPSA) is 96.3 Å². The van der Waals surface area contributed by atoms with Gasteiger partial charge in [0, 0.05) is 35.1 Å². The van der Waals surface area contributed by atoms with Crippen molar-refractivity contribution in [3.8, 4) is 23.3 Å². The highest BCUT2D eigenvalue weighted by Gasteiger charge is 2.23. The zero-order valence-corrected chi connectivity index (χ0v) is 19.4.